The van der Waals surface area contributed by atoms with Crippen LogP contribution >= 0.6 is 0 Å². The molecule has 0 aromatic heterocycles. The van der Waals surface area contributed by atoms with Crippen molar-refractivity contribution >= 4 is 12.0 Å². The van der Waals surface area contributed by atoms with Gasteiger partial charge in [-0.25, -0.2) is 4.79 Å². The van der Waals surface area contributed by atoms with Gasteiger partial charge in [-0.05, 0) is 24.8 Å². The van der Waals surface area contributed by atoms with E-state index >= 15 is 0 Å². The van der Waals surface area contributed by atoms with Crippen molar-refractivity contribution in [2.45, 2.75) is 19.3 Å². The van der Waals surface area contributed by atoms with E-state index in [1.807, 2.05) is 30.3 Å². The molecule has 0 spiro atoms. The summed E-state index contributed by atoms with van der Waals surface area (Å²) in [5, 5.41) is 9.08. The van der Waals surface area contributed by atoms with Crippen LogP contribution in [0.4, 0.5) is 4.79 Å². The van der Waals surface area contributed by atoms with Gasteiger partial charge in [0, 0.05) is 26.7 Å². The standard InChI is InChI=1S/C16H22N2O3/c1-17(11-9-13-6-3-2-4-7-13)16(21)18-10-5-8-14(12-18)15(19)20/h2-4,6-7,14H,5,8-12H2,1H3,(H,19,20). The molecule has 1 fully saturated rings. The average molecular weight is 290 g/mol. The maximum Gasteiger partial charge on any atom is 0.319 e. The number of carboxylic acid groups (broad SMARTS) is 1. The largest absolute Gasteiger partial charge is 0.481 e. The molecule has 1 atom stereocenters. The molecule has 114 valence electrons. The molecule has 1 aliphatic heterocycles. The van der Waals surface area contributed by atoms with Crippen LogP contribution in [0, 0.1) is 5.92 Å². The number of nitrogens with zero attached hydrogens (tertiary/aromatic N) is 2. The topological polar surface area (TPSA) is 60.9 Å². The molecule has 2 amide bonds. The highest BCUT2D eigenvalue weighted by Crippen LogP contribution is 2.17. The Morgan fingerprint density at radius 3 is 2.71 bits per heavy atom. The first-order valence-corrected chi connectivity index (χ1v) is 7.34. The molecule has 1 aliphatic rings. The predicted octanol–water partition coefficient (Wildman–Crippen LogP) is 2.08. The Morgan fingerprint density at radius 2 is 2.05 bits per heavy atom. The van der Waals surface area contributed by atoms with Gasteiger partial charge >= 0.3 is 12.0 Å². The summed E-state index contributed by atoms with van der Waals surface area (Å²) in [6.45, 7) is 1.61. The van der Waals surface area contributed by atoms with Crippen LogP contribution in [0.5, 0.6) is 0 Å². The molecular weight excluding hydrogens is 268 g/mol. The van der Waals surface area contributed by atoms with Gasteiger partial charge in [0.1, 0.15) is 0 Å². The first kappa shape index (κ1) is 15.4. The summed E-state index contributed by atoms with van der Waals surface area (Å²) in [4.78, 5) is 26.7. The highest BCUT2D eigenvalue weighted by Gasteiger charge is 2.29. The number of rotatable bonds is 4. The molecule has 1 aromatic carbocycles. The molecular formula is C16H22N2O3. The third kappa shape index (κ3) is 4.21. The van der Waals surface area contributed by atoms with E-state index in [4.69, 9.17) is 5.11 Å². The summed E-state index contributed by atoms with van der Waals surface area (Å²) in [5.74, 6) is -1.23. The molecule has 0 aliphatic carbocycles. The zero-order chi connectivity index (χ0) is 15.2. The summed E-state index contributed by atoms with van der Waals surface area (Å²) >= 11 is 0. The number of likely N-dealkylation sites (N-methyl/N-ethyl adjacent to an activating group) is 1. The summed E-state index contributed by atoms with van der Waals surface area (Å²) in [5.41, 5.74) is 1.19. The van der Waals surface area contributed by atoms with Gasteiger partial charge in [-0.3, -0.25) is 4.79 Å². The quantitative estimate of drug-likeness (QED) is 0.923. The van der Waals surface area contributed by atoms with Crippen LogP contribution in [0.15, 0.2) is 30.3 Å². The fourth-order valence-corrected chi connectivity index (χ4v) is 2.63. The number of aliphatic carboxylic acids is 1. The molecule has 21 heavy (non-hydrogen) atoms. The van der Waals surface area contributed by atoms with Gasteiger partial charge in [0.05, 0.1) is 5.92 Å². The second-order valence-corrected chi connectivity index (χ2v) is 5.56. The van der Waals surface area contributed by atoms with Gasteiger partial charge in [0.15, 0.2) is 0 Å². The highest BCUT2D eigenvalue weighted by atomic mass is 16.4. The molecule has 1 saturated heterocycles. The van der Waals surface area contributed by atoms with Crippen LogP contribution < -0.4 is 0 Å². The maximum absolute atomic E-state index is 12.3. The Bertz CT molecular complexity index is 490. The number of carboxylic acids is 1. The minimum atomic E-state index is -0.806. The van der Waals surface area contributed by atoms with Crippen LogP contribution in [0.2, 0.25) is 0 Å². The number of benzene rings is 1. The molecule has 5 nitrogen and oxygen atoms in total. The first-order chi connectivity index (χ1) is 10.1. The van der Waals surface area contributed by atoms with E-state index in [-0.39, 0.29) is 6.03 Å². The number of amides is 2. The van der Waals surface area contributed by atoms with E-state index < -0.39 is 11.9 Å². The van der Waals surface area contributed by atoms with Crippen LogP contribution in [-0.4, -0.2) is 53.6 Å². The van der Waals surface area contributed by atoms with Gasteiger partial charge in [-0.15, -0.1) is 0 Å². The van der Waals surface area contributed by atoms with Crippen LogP contribution in [-0.2, 0) is 11.2 Å². The molecule has 0 radical (unpaired) electrons. The van der Waals surface area contributed by atoms with Crippen molar-refractivity contribution in [2.75, 3.05) is 26.7 Å². The van der Waals surface area contributed by atoms with E-state index in [0.717, 1.165) is 12.8 Å². The number of likely N-dealkylation sites (tertiary alicyclic amines) is 1. The molecule has 2 rings (SSSR count). The molecule has 1 aromatic rings. The lowest BCUT2D eigenvalue weighted by molar-refractivity contribution is -0.143. The molecule has 1 N–H and O–H groups in total. The van der Waals surface area contributed by atoms with Gasteiger partial charge in [-0.2, -0.15) is 0 Å². The van der Waals surface area contributed by atoms with E-state index in [0.29, 0.717) is 26.1 Å². The number of urea groups is 1. The number of carbonyl (C=O) groups excluding carboxylic acids is 1. The first-order valence-electron chi connectivity index (χ1n) is 7.34. The van der Waals surface area contributed by atoms with Gasteiger partial charge in [-0.1, -0.05) is 30.3 Å². The van der Waals surface area contributed by atoms with Gasteiger partial charge in [0.25, 0.3) is 0 Å². The lowest BCUT2D eigenvalue weighted by atomic mass is 9.99. The Morgan fingerprint density at radius 1 is 1.33 bits per heavy atom. The maximum atomic E-state index is 12.3. The van der Waals surface area contributed by atoms with Crippen LogP contribution in [0.3, 0.4) is 0 Å². The Balaban J connectivity index is 1.85. The second kappa shape index (κ2) is 7.11. The normalized spacial score (nSPS) is 18.3. The third-order valence-corrected chi connectivity index (χ3v) is 3.95. The number of hydrogen-bond donors (Lipinski definition) is 1. The minimum absolute atomic E-state index is 0.0723. The fraction of sp³-hybridized carbons (Fsp3) is 0.500. The van der Waals surface area contributed by atoms with Crippen molar-refractivity contribution in [1.29, 1.82) is 0 Å². The number of piperidine rings is 1. The highest BCUT2D eigenvalue weighted by molar-refractivity contribution is 5.76. The smallest absolute Gasteiger partial charge is 0.319 e. The molecule has 0 bridgehead atoms. The van der Waals surface area contributed by atoms with Crippen LogP contribution in [0.1, 0.15) is 18.4 Å². The van der Waals surface area contributed by atoms with Gasteiger partial charge in [0.2, 0.25) is 0 Å². The zero-order valence-corrected chi connectivity index (χ0v) is 12.4. The molecule has 5 heteroatoms. The van der Waals surface area contributed by atoms with Crippen molar-refractivity contribution in [3.8, 4) is 0 Å². The van der Waals surface area contributed by atoms with Crippen molar-refractivity contribution in [3.63, 3.8) is 0 Å². The van der Waals surface area contributed by atoms with Crippen molar-refractivity contribution < 1.29 is 14.7 Å². The lowest BCUT2D eigenvalue weighted by Gasteiger charge is -2.33. The fourth-order valence-electron chi connectivity index (χ4n) is 2.63. The number of carbonyl (C=O) groups is 2. The summed E-state index contributed by atoms with van der Waals surface area (Å²) in [6, 6.07) is 9.95. The summed E-state index contributed by atoms with van der Waals surface area (Å²) in [6.07, 6.45) is 2.22. The Kier molecular flexibility index (Phi) is 5.20. The minimum Gasteiger partial charge on any atom is -0.481 e. The zero-order valence-electron chi connectivity index (χ0n) is 12.4. The Hall–Kier alpha value is -2.04. The van der Waals surface area contributed by atoms with E-state index in [1.54, 1.807) is 16.8 Å². The van der Waals surface area contributed by atoms with Crippen molar-refractivity contribution in [2.24, 2.45) is 5.92 Å². The molecule has 1 heterocycles. The van der Waals surface area contributed by atoms with E-state index in [9.17, 15) is 9.59 Å². The van der Waals surface area contributed by atoms with E-state index in [1.165, 1.54) is 5.56 Å². The lowest BCUT2D eigenvalue weighted by Crippen LogP contribution is -2.48. The van der Waals surface area contributed by atoms with E-state index in [2.05, 4.69) is 0 Å². The van der Waals surface area contributed by atoms with Crippen LogP contribution in [0.25, 0.3) is 0 Å². The molecule has 0 saturated carbocycles. The number of hydrogen-bond acceptors (Lipinski definition) is 2. The van der Waals surface area contributed by atoms with Gasteiger partial charge < -0.3 is 14.9 Å². The average Bonchev–Trinajstić information content (AvgIpc) is 2.53. The third-order valence-electron chi connectivity index (χ3n) is 3.95. The summed E-state index contributed by atoms with van der Waals surface area (Å²) in [7, 11) is 1.77. The van der Waals surface area contributed by atoms with Crippen molar-refractivity contribution in [1.82, 2.24) is 9.80 Å². The SMILES string of the molecule is CN(CCc1ccccc1)C(=O)N1CCCC(C(=O)O)C1. The molecule has 1 unspecified atom stereocenters. The predicted molar refractivity (Wildman–Crippen MR) is 80.1 cm³/mol. The second-order valence-electron chi connectivity index (χ2n) is 5.56. The monoisotopic (exact) mass is 290 g/mol. The summed E-state index contributed by atoms with van der Waals surface area (Å²) < 4.78 is 0. The Labute approximate surface area is 125 Å². The van der Waals surface area contributed by atoms with Crippen molar-refractivity contribution in [3.05, 3.63) is 35.9 Å².